The smallest absolute Gasteiger partial charge is 0.416 e. The van der Waals surface area contributed by atoms with E-state index in [2.05, 4.69) is 5.32 Å². The summed E-state index contributed by atoms with van der Waals surface area (Å²) in [5.74, 6) is -0.726. The second-order valence-corrected chi connectivity index (χ2v) is 6.35. The van der Waals surface area contributed by atoms with E-state index in [0.29, 0.717) is 10.8 Å². The first kappa shape index (κ1) is 21.1. The highest BCUT2D eigenvalue weighted by Gasteiger charge is 2.31. The molecule has 0 aliphatic rings. The predicted molar refractivity (Wildman–Crippen MR) is 96.7 cm³/mol. The minimum absolute atomic E-state index is 0.0424. The first-order valence-corrected chi connectivity index (χ1v) is 8.40. The molecule has 2 aromatic rings. The fourth-order valence-corrected chi connectivity index (χ4v) is 2.61. The summed E-state index contributed by atoms with van der Waals surface area (Å²) in [4.78, 5) is 24.3. The molecule has 0 saturated carbocycles. The Hall–Kier alpha value is -2.25. The molecular formula is C18H14Cl2F3NO3. The Bertz CT molecular complexity index is 869. The standard InChI is InChI=1S/C18H14Cl2F3NO3/c1-27-16-6-3-11(19)9-12(16)15(25)5-7-17(26)24-14-8-10(18(21,22)23)2-4-13(14)20/h2-4,6,8-9H,5,7H2,1H3,(H,24,26). The third-order valence-corrected chi connectivity index (χ3v) is 4.17. The maximum absolute atomic E-state index is 12.8. The Balaban J connectivity index is 2.05. The van der Waals surface area contributed by atoms with Gasteiger partial charge >= 0.3 is 6.18 Å². The molecule has 0 atom stereocenters. The Morgan fingerprint density at radius 2 is 1.78 bits per heavy atom. The molecule has 0 fully saturated rings. The number of carbonyl (C=O) groups excluding carboxylic acids is 2. The van der Waals surface area contributed by atoms with Gasteiger partial charge in [-0.25, -0.2) is 0 Å². The molecule has 144 valence electrons. The number of anilines is 1. The quantitative estimate of drug-likeness (QED) is 0.617. The molecule has 0 bridgehead atoms. The van der Waals surface area contributed by atoms with Crippen LogP contribution in [0.15, 0.2) is 36.4 Å². The van der Waals surface area contributed by atoms with Gasteiger partial charge in [-0.2, -0.15) is 13.2 Å². The van der Waals surface area contributed by atoms with Crippen molar-refractivity contribution in [1.29, 1.82) is 0 Å². The summed E-state index contributed by atoms with van der Waals surface area (Å²) >= 11 is 11.7. The number of benzene rings is 2. The Morgan fingerprint density at radius 3 is 2.41 bits per heavy atom. The summed E-state index contributed by atoms with van der Waals surface area (Å²) in [6.45, 7) is 0. The molecule has 2 rings (SSSR count). The van der Waals surface area contributed by atoms with E-state index in [0.717, 1.165) is 18.2 Å². The number of ketones is 1. The molecule has 0 unspecified atom stereocenters. The lowest BCUT2D eigenvalue weighted by molar-refractivity contribution is -0.137. The summed E-state index contributed by atoms with van der Waals surface area (Å²) in [5.41, 5.74) is -0.902. The summed E-state index contributed by atoms with van der Waals surface area (Å²) in [6.07, 6.45) is -5.00. The molecule has 1 N–H and O–H groups in total. The second kappa shape index (κ2) is 8.63. The average Bonchev–Trinajstić information content (AvgIpc) is 2.60. The van der Waals surface area contributed by atoms with Crippen LogP contribution in [0.3, 0.4) is 0 Å². The molecule has 1 amide bonds. The maximum atomic E-state index is 12.8. The van der Waals surface area contributed by atoms with Gasteiger partial charge in [-0.15, -0.1) is 0 Å². The number of nitrogens with one attached hydrogen (secondary N) is 1. The van der Waals surface area contributed by atoms with E-state index in [4.69, 9.17) is 27.9 Å². The zero-order valence-corrected chi connectivity index (χ0v) is 15.5. The summed E-state index contributed by atoms with van der Waals surface area (Å²) < 4.78 is 43.4. The minimum atomic E-state index is -4.57. The largest absolute Gasteiger partial charge is 0.496 e. The van der Waals surface area contributed by atoms with E-state index in [1.807, 2.05) is 0 Å². The third-order valence-electron chi connectivity index (χ3n) is 3.61. The van der Waals surface area contributed by atoms with Gasteiger partial charge in [-0.05, 0) is 36.4 Å². The first-order valence-electron chi connectivity index (χ1n) is 7.65. The normalized spacial score (nSPS) is 11.2. The molecule has 0 aromatic heterocycles. The van der Waals surface area contributed by atoms with Crippen LogP contribution in [0.4, 0.5) is 18.9 Å². The molecule has 0 saturated heterocycles. The van der Waals surface area contributed by atoms with Crippen LogP contribution in [-0.4, -0.2) is 18.8 Å². The minimum Gasteiger partial charge on any atom is -0.496 e. The molecular weight excluding hydrogens is 406 g/mol. The van der Waals surface area contributed by atoms with Crippen LogP contribution in [0.5, 0.6) is 5.75 Å². The number of halogens is 5. The van der Waals surface area contributed by atoms with Gasteiger partial charge in [0.2, 0.25) is 5.91 Å². The van der Waals surface area contributed by atoms with Gasteiger partial charge in [0.25, 0.3) is 0 Å². The summed E-state index contributed by atoms with van der Waals surface area (Å²) in [5, 5.41) is 2.58. The van der Waals surface area contributed by atoms with Crippen molar-refractivity contribution >= 4 is 40.6 Å². The van der Waals surface area contributed by atoms with Crippen molar-refractivity contribution in [3.63, 3.8) is 0 Å². The van der Waals surface area contributed by atoms with Gasteiger partial charge in [0.05, 0.1) is 28.9 Å². The predicted octanol–water partition coefficient (Wildman–Crippen LogP) is 5.62. The number of hydrogen-bond donors (Lipinski definition) is 1. The number of hydrogen-bond acceptors (Lipinski definition) is 3. The number of rotatable bonds is 6. The molecule has 9 heteroatoms. The fraction of sp³-hybridized carbons (Fsp3) is 0.222. The topological polar surface area (TPSA) is 55.4 Å². The molecule has 0 heterocycles. The van der Waals surface area contributed by atoms with Gasteiger partial charge in [0.1, 0.15) is 5.75 Å². The highest BCUT2D eigenvalue weighted by molar-refractivity contribution is 6.33. The highest BCUT2D eigenvalue weighted by Crippen LogP contribution is 2.34. The Kier molecular flexibility index (Phi) is 6.73. The SMILES string of the molecule is COc1ccc(Cl)cc1C(=O)CCC(=O)Nc1cc(C(F)(F)F)ccc1Cl. The highest BCUT2D eigenvalue weighted by atomic mass is 35.5. The Morgan fingerprint density at radius 1 is 1.07 bits per heavy atom. The van der Waals surface area contributed by atoms with E-state index in [1.54, 1.807) is 6.07 Å². The first-order chi connectivity index (χ1) is 12.6. The van der Waals surface area contributed by atoms with Crippen molar-refractivity contribution in [1.82, 2.24) is 0 Å². The number of ether oxygens (including phenoxy) is 1. The average molecular weight is 420 g/mol. The van der Waals surface area contributed by atoms with Crippen LogP contribution < -0.4 is 10.1 Å². The molecule has 0 spiro atoms. The zero-order chi connectivity index (χ0) is 20.2. The van der Waals surface area contributed by atoms with E-state index in [-0.39, 0.29) is 34.9 Å². The molecule has 0 radical (unpaired) electrons. The number of Topliss-reactive ketones (excluding diaryl/α,β-unsaturated/α-hetero) is 1. The van der Waals surface area contributed by atoms with Crippen molar-refractivity contribution in [3.8, 4) is 5.75 Å². The van der Waals surface area contributed by atoms with Crippen LogP contribution in [0.25, 0.3) is 0 Å². The van der Waals surface area contributed by atoms with E-state index < -0.39 is 17.6 Å². The van der Waals surface area contributed by atoms with Crippen LogP contribution >= 0.6 is 23.2 Å². The van der Waals surface area contributed by atoms with E-state index in [9.17, 15) is 22.8 Å². The number of carbonyl (C=O) groups is 2. The lowest BCUT2D eigenvalue weighted by atomic mass is 10.1. The van der Waals surface area contributed by atoms with Crippen molar-refractivity contribution in [3.05, 3.63) is 57.6 Å². The van der Waals surface area contributed by atoms with Crippen LogP contribution in [0.1, 0.15) is 28.8 Å². The molecule has 0 aliphatic heterocycles. The lowest BCUT2D eigenvalue weighted by Crippen LogP contribution is -2.15. The molecule has 2 aromatic carbocycles. The second-order valence-electron chi connectivity index (χ2n) is 5.51. The number of amides is 1. The van der Waals surface area contributed by atoms with Crippen molar-refractivity contribution in [2.75, 3.05) is 12.4 Å². The van der Waals surface area contributed by atoms with E-state index >= 15 is 0 Å². The van der Waals surface area contributed by atoms with E-state index in [1.165, 1.54) is 19.2 Å². The molecule has 0 aliphatic carbocycles. The van der Waals surface area contributed by atoms with Gasteiger partial charge in [-0.3, -0.25) is 9.59 Å². The summed E-state index contributed by atoms with van der Waals surface area (Å²) in [6, 6.07) is 7.10. The zero-order valence-electron chi connectivity index (χ0n) is 14.0. The fourth-order valence-electron chi connectivity index (χ4n) is 2.27. The third kappa shape index (κ3) is 5.61. The molecule has 4 nitrogen and oxygen atoms in total. The van der Waals surface area contributed by atoms with Gasteiger partial charge in [0.15, 0.2) is 5.78 Å². The van der Waals surface area contributed by atoms with Crippen LogP contribution in [0, 0.1) is 0 Å². The van der Waals surface area contributed by atoms with Crippen molar-refractivity contribution < 1.29 is 27.5 Å². The molecule has 27 heavy (non-hydrogen) atoms. The number of methoxy groups -OCH3 is 1. The van der Waals surface area contributed by atoms with Crippen molar-refractivity contribution in [2.45, 2.75) is 19.0 Å². The van der Waals surface area contributed by atoms with Gasteiger partial charge in [-0.1, -0.05) is 23.2 Å². The lowest BCUT2D eigenvalue weighted by Gasteiger charge is -2.12. The summed E-state index contributed by atoms with van der Waals surface area (Å²) in [7, 11) is 1.39. The number of alkyl halides is 3. The van der Waals surface area contributed by atoms with Crippen LogP contribution in [-0.2, 0) is 11.0 Å². The van der Waals surface area contributed by atoms with Gasteiger partial charge < -0.3 is 10.1 Å². The Labute approximate surface area is 163 Å². The van der Waals surface area contributed by atoms with Crippen molar-refractivity contribution in [2.24, 2.45) is 0 Å². The van der Waals surface area contributed by atoms with Crippen LogP contribution in [0.2, 0.25) is 10.0 Å². The van der Waals surface area contributed by atoms with Gasteiger partial charge in [0, 0.05) is 17.9 Å². The monoisotopic (exact) mass is 419 g/mol. The maximum Gasteiger partial charge on any atom is 0.416 e.